The molecular weight excluding hydrogens is 368 g/mol. The SMILES string of the molecule is Cc1cc(C)cc(NC(=O)COc2ccc(C(=S)N3CCC(C)CC3)cc2)c1. The number of aryl methyl sites for hydroxylation is 2. The van der Waals surface area contributed by atoms with Crippen LogP contribution in [0.1, 0.15) is 36.5 Å². The first-order valence-corrected chi connectivity index (χ1v) is 10.2. The highest BCUT2D eigenvalue weighted by molar-refractivity contribution is 7.80. The lowest BCUT2D eigenvalue weighted by molar-refractivity contribution is -0.118. The number of thiocarbonyl (C=S) groups is 1. The molecule has 28 heavy (non-hydrogen) atoms. The van der Waals surface area contributed by atoms with Crippen molar-refractivity contribution in [3.63, 3.8) is 0 Å². The molecule has 2 aromatic carbocycles. The first kappa shape index (κ1) is 20.3. The van der Waals surface area contributed by atoms with Crippen LogP contribution >= 0.6 is 12.2 Å². The molecule has 5 heteroatoms. The summed E-state index contributed by atoms with van der Waals surface area (Å²) in [4.78, 5) is 15.3. The Morgan fingerprint density at radius 1 is 1.11 bits per heavy atom. The van der Waals surface area contributed by atoms with Crippen LogP contribution in [-0.4, -0.2) is 35.5 Å². The number of nitrogens with zero attached hydrogens (tertiary/aromatic N) is 1. The molecule has 0 radical (unpaired) electrons. The van der Waals surface area contributed by atoms with E-state index in [4.69, 9.17) is 17.0 Å². The normalized spacial score (nSPS) is 14.6. The van der Waals surface area contributed by atoms with Gasteiger partial charge in [-0.15, -0.1) is 0 Å². The predicted octanol–water partition coefficient (Wildman–Crippen LogP) is 4.73. The number of anilines is 1. The summed E-state index contributed by atoms with van der Waals surface area (Å²) in [6, 6.07) is 13.7. The molecule has 1 saturated heterocycles. The van der Waals surface area contributed by atoms with Crippen LogP contribution < -0.4 is 10.1 Å². The fraction of sp³-hybridized carbons (Fsp3) is 0.391. The highest BCUT2D eigenvalue weighted by atomic mass is 32.1. The van der Waals surface area contributed by atoms with Gasteiger partial charge in [-0.3, -0.25) is 4.79 Å². The standard InChI is InChI=1S/C23H28N2O2S/c1-16-8-10-25(11-9-16)23(28)19-4-6-21(7-5-19)27-15-22(26)24-20-13-17(2)12-18(3)14-20/h4-7,12-14,16H,8-11,15H2,1-3H3,(H,24,26). The molecule has 2 aromatic rings. The van der Waals surface area contributed by atoms with Gasteiger partial charge in [0, 0.05) is 24.3 Å². The fourth-order valence-corrected chi connectivity index (χ4v) is 3.80. The predicted molar refractivity (Wildman–Crippen MR) is 118 cm³/mol. The van der Waals surface area contributed by atoms with E-state index in [0.717, 1.165) is 46.4 Å². The van der Waals surface area contributed by atoms with Crippen molar-refractivity contribution in [2.45, 2.75) is 33.6 Å². The maximum absolute atomic E-state index is 12.2. The van der Waals surface area contributed by atoms with Crippen LogP contribution in [0.5, 0.6) is 5.75 Å². The number of hydrogen-bond donors (Lipinski definition) is 1. The molecule has 1 amide bonds. The summed E-state index contributed by atoms with van der Waals surface area (Å²) in [5.41, 5.74) is 4.05. The Bertz CT molecular complexity index is 820. The summed E-state index contributed by atoms with van der Waals surface area (Å²) in [5, 5.41) is 2.88. The summed E-state index contributed by atoms with van der Waals surface area (Å²) in [6.45, 7) is 8.34. The minimum absolute atomic E-state index is 0.0270. The number of likely N-dealkylation sites (tertiary alicyclic amines) is 1. The Hall–Kier alpha value is -2.40. The number of benzene rings is 2. The summed E-state index contributed by atoms with van der Waals surface area (Å²) >= 11 is 5.64. The van der Waals surface area contributed by atoms with Crippen LogP contribution in [0, 0.1) is 19.8 Å². The third kappa shape index (κ3) is 5.55. The van der Waals surface area contributed by atoms with Crippen molar-refractivity contribution in [1.82, 2.24) is 4.90 Å². The molecule has 0 aromatic heterocycles. The Morgan fingerprint density at radius 2 is 1.71 bits per heavy atom. The van der Waals surface area contributed by atoms with Crippen LogP contribution in [0.15, 0.2) is 42.5 Å². The van der Waals surface area contributed by atoms with Crippen LogP contribution in [0.3, 0.4) is 0 Å². The first-order chi connectivity index (χ1) is 13.4. The minimum Gasteiger partial charge on any atom is -0.484 e. The number of nitrogens with one attached hydrogen (secondary N) is 1. The van der Waals surface area contributed by atoms with E-state index in [0.29, 0.717) is 5.75 Å². The zero-order valence-electron chi connectivity index (χ0n) is 16.8. The monoisotopic (exact) mass is 396 g/mol. The van der Waals surface area contributed by atoms with Crippen molar-refractivity contribution in [2.24, 2.45) is 5.92 Å². The average molecular weight is 397 g/mol. The van der Waals surface area contributed by atoms with Crippen molar-refractivity contribution < 1.29 is 9.53 Å². The molecule has 1 aliphatic heterocycles. The van der Waals surface area contributed by atoms with Gasteiger partial charge in [0.05, 0.1) is 0 Å². The van der Waals surface area contributed by atoms with Gasteiger partial charge in [0.25, 0.3) is 5.91 Å². The van der Waals surface area contributed by atoms with Gasteiger partial charge in [-0.25, -0.2) is 0 Å². The van der Waals surface area contributed by atoms with Gasteiger partial charge in [0.15, 0.2) is 6.61 Å². The molecule has 1 fully saturated rings. The van der Waals surface area contributed by atoms with Crippen molar-refractivity contribution in [3.8, 4) is 5.75 Å². The third-order valence-electron chi connectivity index (χ3n) is 5.05. The number of amides is 1. The highest BCUT2D eigenvalue weighted by Gasteiger charge is 2.18. The maximum atomic E-state index is 12.2. The molecule has 1 N–H and O–H groups in total. The van der Waals surface area contributed by atoms with Crippen molar-refractivity contribution in [1.29, 1.82) is 0 Å². The third-order valence-corrected chi connectivity index (χ3v) is 5.54. The lowest BCUT2D eigenvalue weighted by Gasteiger charge is -2.32. The maximum Gasteiger partial charge on any atom is 0.262 e. The van der Waals surface area contributed by atoms with E-state index in [1.807, 2.05) is 50.2 Å². The van der Waals surface area contributed by atoms with Gasteiger partial charge in [-0.1, -0.05) is 25.2 Å². The summed E-state index contributed by atoms with van der Waals surface area (Å²) < 4.78 is 5.63. The van der Waals surface area contributed by atoms with Gasteiger partial charge >= 0.3 is 0 Å². The molecule has 0 saturated carbocycles. The number of carbonyl (C=O) groups excluding carboxylic acids is 1. The van der Waals surface area contributed by atoms with Crippen molar-refractivity contribution in [2.75, 3.05) is 25.0 Å². The molecular formula is C23H28N2O2S. The van der Waals surface area contributed by atoms with E-state index < -0.39 is 0 Å². The van der Waals surface area contributed by atoms with Crippen LogP contribution in [0.4, 0.5) is 5.69 Å². The van der Waals surface area contributed by atoms with E-state index in [2.05, 4.69) is 23.2 Å². The van der Waals surface area contributed by atoms with E-state index in [1.165, 1.54) is 12.8 Å². The van der Waals surface area contributed by atoms with Crippen LogP contribution in [-0.2, 0) is 4.79 Å². The zero-order chi connectivity index (χ0) is 20.1. The molecule has 4 nitrogen and oxygen atoms in total. The van der Waals surface area contributed by atoms with E-state index in [-0.39, 0.29) is 12.5 Å². The summed E-state index contributed by atoms with van der Waals surface area (Å²) in [7, 11) is 0. The Balaban J connectivity index is 1.51. The van der Waals surface area contributed by atoms with Gasteiger partial charge in [0.2, 0.25) is 0 Å². The van der Waals surface area contributed by atoms with Gasteiger partial charge in [0.1, 0.15) is 10.7 Å². The Morgan fingerprint density at radius 3 is 2.32 bits per heavy atom. The second-order valence-corrected chi connectivity index (χ2v) is 8.10. The number of ether oxygens (including phenoxy) is 1. The van der Waals surface area contributed by atoms with Crippen molar-refractivity contribution >= 4 is 28.8 Å². The zero-order valence-corrected chi connectivity index (χ0v) is 17.6. The molecule has 0 atom stereocenters. The molecule has 148 valence electrons. The summed E-state index contributed by atoms with van der Waals surface area (Å²) in [6.07, 6.45) is 2.38. The number of hydrogen-bond acceptors (Lipinski definition) is 3. The van der Waals surface area contributed by atoms with Crippen LogP contribution in [0.25, 0.3) is 0 Å². The van der Waals surface area contributed by atoms with Crippen LogP contribution in [0.2, 0.25) is 0 Å². The number of rotatable bonds is 5. The average Bonchev–Trinajstić information content (AvgIpc) is 2.66. The molecule has 0 bridgehead atoms. The molecule has 1 heterocycles. The molecule has 1 aliphatic rings. The Labute approximate surface area is 172 Å². The molecule has 0 spiro atoms. The second-order valence-electron chi connectivity index (χ2n) is 7.71. The van der Waals surface area contributed by atoms with E-state index in [9.17, 15) is 4.79 Å². The first-order valence-electron chi connectivity index (χ1n) is 9.81. The van der Waals surface area contributed by atoms with Crippen molar-refractivity contribution in [3.05, 3.63) is 59.2 Å². The van der Waals surface area contributed by atoms with E-state index in [1.54, 1.807) is 0 Å². The lowest BCUT2D eigenvalue weighted by Crippen LogP contribution is -2.37. The van der Waals surface area contributed by atoms with Gasteiger partial charge in [-0.2, -0.15) is 0 Å². The largest absolute Gasteiger partial charge is 0.484 e. The lowest BCUT2D eigenvalue weighted by atomic mass is 9.99. The number of piperidine rings is 1. The van der Waals surface area contributed by atoms with Gasteiger partial charge < -0.3 is 15.0 Å². The smallest absolute Gasteiger partial charge is 0.262 e. The Kier molecular flexibility index (Phi) is 6.68. The molecule has 0 unspecified atom stereocenters. The molecule has 3 rings (SSSR count). The number of carbonyl (C=O) groups is 1. The second kappa shape index (κ2) is 9.20. The minimum atomic E-state index is -0.174. The highest BCUT2D eigenvalue weighted by Crippen LogP contribution is 2.20. The fourth-order valence-electron chi connectivity index (χ4n) is 3.48. The topological polar surface area (TPSA) is 41.6 Å². The summed E-state index contributed by atoms with van der Waals surface area (Å²) in [5.74, 6) is 1.27. The van der Waals surface area contributed by atoms with Gasteiger partial charge in [-0.05, 0) is 80.1 Å². The van der Waals surface area contributed by atoms with E-state index >= 15 is 0 Å². The molecule has 0 aliphatic carbocycles. The quantitative estimate of drug-likeness (QED) is 0.742.